The summed E-state index contributed by atoms with van der Waals surface area (Å²) in [7, 11) is 0. The zero-order valence-corrected chi connectivity index (χ0v) is 10.5. The molecule has 0 saturated carbocycles. The lowest BCUT2D eigenvalue weighted by Gasteiger charge is -2.12. The highest BCUT2D eigenvalue weighted by Gasteiger charge is 2.09. The first-order chi connectivity index (χ1) is 9.15. The van der Waals surface area contributed by atoms with Crippen molar-refractivity contribution in [2.75, 3.05) is 0 Å². The first-order valence-corrected chi connectivity index (χ1v) is 6.23. The molecule has 0 saturated heterocycles. The van der Waals surface area contributed by atoms with Gasteiger partial charge in [-0.05, 0) is 54.7 Å². The van der Waals surface area contributed by atoms with E-state index in [2.05, 4.69) is 4.98 Å². The Labute approximate surface area is 111 Å². The Kier molecular flexibility index (Phi) is 4.58. The number of pyridine rings is 1. The van der Waals surface area contributed by atoms with Gasteiger partial charge in [0.1, 0.15) is 11.6 Å². The summed E-state index contributed by atoms with van der Waals surface area (Å²) in [6.07, 6.45) is 5.33. The number of nitrogens with zero attached hydrogens (tertiary/aromatic N) is 1. The van der Waals surface area contributed by atoms with Gasteiger partial charge in [-0.1, -0.05) is 6.07 Å². The number of hydrogen-bond acceptors (Lipinski definition) is 2. The Morgan fingerprint density at radius 1 is 1.21 bits per heavy atom. The van der Waals surface area contributed by atoms with E-state index < -0.39 is 11.6 Å². The second-order valence-electron chi connectivity index (χ2n) is 4.60. The average Bonchev–Trinajstić information content (AvgIpc) is 2.42. The molecule has 0 radical (unpaired) electrons. The quantitative estimate of drug-likeness (QED) is 0.900. The van der Waals surface area contributed by atoms with Gasteiger partial charge in [0.05, 0.1) is 0 Å². The third-order valence-corrected chi connectivity index (χ3v) is 3.02. The first kappa shape index (κ1) is 13.6. The van der Waals surface area contributed by atoms with Gasteiger partial charge in [-0.15, -0.1) is 0 Å². The summed E-state index contributed by atoms with van der Waals surface area (Å²) in [4.78, 5) is 4.02. The van der Waals surface area contributed by atoms with E-state index >= 15 is 0 Å². The molecule has 0 aliphatic carbocycles. The molecule has 1 aromatic heterocycles. The van der Waals surface area contributed by atoms with Crippen LogP contribution in [0, 0.1) is 11.6 Å². The summed E-state index contributed by atoms with van der Waals surface area (Å²) in [5.74, 6) is -0.839. The molecule has 2 N–H and O–H groups in total. The third kappa shape index (κ3) is 4.10. The minimum atomic E-state index is -0.434. The summed E-state index contributed by atoms with van der Waals surface area (Å²) in [5.41, 5.74) is 7.39. The lowest BCUT2D eigenvalue weighted by molar-refractivity contribution is 0.553. The first-order valence-electron chi connectivity index (χ1n) is 6.23. The molecule has 1 unspecified atom stereocenters. The number of aryl methyl sites for hydroxylation is 1. The second-order valence-corrected chi connectivity index (χ2v) is 4.60. The summed E-state index contributed by atoms with van der Waals surface area (Å²) < 4.78 is 26.5. The molecule has 4 heteroatoms. The van der Waals surface area contributed by atoms with Gasteiger partial charge in [0.15, 0.2) is 0 Å². The van der Waals surface area contributed by atoms with Gasteiger partial charge in [-0.2, -0.15) is 0 Å². The Morgan fingerprint density at radius 3 is 2.79 bits per heavy atom. The molecule has 1 aromatic carbocycles. The lowest BCUT2D eigenvalue weighted by atomic mass is 10.00. The number of benzene rings is 1. The molecule has 19 heavy (non-hydrogen) atoms. The van der Waals surface area contributed by atoms with Crippen molar-refractivity contribution in [3.63, 3.8) is 0 Å². The van der Waals surface area contributed by atoms with E-state index in [1.54, 1.807) is 12.4 Å². The molecule has 2 aromatic rings. The Bertz CT molecular complexity index is 529. The zero-order chi connectivity index (χ0) is 13.7. The standard InChI is InChI=1S/C15H16F2N2/c16-13-4-6-15(17)12(8-13)9-14(18)5-3-11-2-1-7-19-10-11/h1-2,4,6-8,10,14H,3,5,9,18H2. The molecule has 0 aliphatic heterocycles. The van der Waals surface area contributed by atoms with Crippen LogP contribution in [0.25, 0.3) is 0 Å². The highest BCUT2D eigenvalue weighted by Crippen LogP contribution is 2.13. The SMILES string of the molecule is NC(CCc1cccnc1)Cc1cc(F)ccc1F. The van der Waals surface area contributed by atoms with Gasteiger partial charge in [0, 0.05) is 18.4 Å². The van der Waals surface area contributed by atoms with E-state index in [1.165, 1.54) is 6.07 Å². The summed E-state index contributed by atoms with van der Waals surface area (Å²) in [6, 6.07) is 7.10. The van der Waals surface area contributed by atoms with Crippen LogP contribution in [0.5, 0.6) is 0 Å². The smallest absolute Gasteiger partial charge is 0.126 e. The normalized spacial score (nSPS) is 12.4. The van der Waals surface area contributed by atoms with Gasteiger partial charge in [0.2, 0.25) is 0 Å². The van der Waals surface area contributed by atoms with Crippen LogP contribution in [0.3, 0.4) is 0 Å². The molecule has 0 amide bonds. The maximum absolute atomic E-state index is 13.5. The van der Waals surface area contributed by atoms with Gasteiger partial charge < -0.3 is 5.73 Å². The number of hydrogen-bond donors (Lipinski definition) is 1. The average molecular weight is 262 g/mol. The molecule has 0 bridgehead atoms. The van der Waals surface area contributed by atoms with Crippen LogP contribution in [-0.4, -0.2) is 11.0 Å². The van der Waals surface area contributed by atoms with Crippen molar-refractivity contribution in [1.29, 1.82) is 0 Å². The zero-order valence-electron chi connectivity index (χ0n) is 10.5. The third-order valence-electron chi connectivity index (χ3n) is 3.02. The predicted molar refractivity (Wildman–Crippen MR) is 70.6 cm³/mol. The molecule has 0 fully saturated rings. The predicted octanol–water partition coefficient (Wildman–Crippen LogP) is 2.86. The highest BCUT2D eigenvalue weighted by molar-refractivity contribution is 5.20. The van der Waals surface area contributed by atoms with Crippen LogP contribution in [0.1, 0.15) is 17.5 Å². The van der Waals surface area contributed by atoms with Crippen LogP contribution in [0.15, 0.2) is 42.7 Å². The Hall–Kier alpha value is -1.81. The fourth-order valence-electron chi connectivity index (χ4n) is 1.98. The van der Waals surface area contributed by atoms with Crippen molar-refractivity contribution in [2.45, 2.75) is 25.3 Å². The van der Waals surface area contributed by atoms with Crippen LogP contribution in [-0.2, 0) is 12.8 Å². The molecular weight excluding hydrogens is 246 g/mol. The van der Waals surface area contributed by atoms with Crippen molar-refractivity contribution >= 4 is 0 Å². The van der Waals surface area contributed by atoms with Crippen LogP contribution in [0.2, 0.25) is 0 Å². The Balaban J connectivity index is 1.90. The van der Waals surface area contributed by atoms with E-state index in [9.17, 15) is 8.78 Å². The minimum Gasteiger partial charge on any atom is -0.327 e. The van der Waals surface area contributed by atoms with Crippen molar-refractivity contribution in [3.8, 4) is 0 Å². The van der Waals surface area contributed by atoms with Crippen molar-refractivity contribution in [2.24, 2.45) is 5.73 Å². The Morgan fingerprint density at radius 2 is 2.05 bits per heavy atom. The molecule has 0 spiro atoms. The maximum Gasteiger partial charge on any atom is 0.126 e. The molecule has 0 aliphatic rings. The van der Waals surface area contributed by atoms with Crippen molar-refractivity contribution < 1.29 is 8.78 Å². The number of rotatable bonds is 5. The number of halogens is 2. The molecule has 1 heterocycles. The maximum atomic E-state index is 13.5. The fraction of sp³-hybridized carbons (Fsp3) is 0.267. The van der Waals surface area contributed by atoms with E-state index in [0.717, 1.165) is 24.1 Å². The van der Waals surface area contributed by atoms with E-state index in [0.29, 0.717) is 18.4 Å². The van der Waals surface area contributed by atoms with Crippen molar-refractivity contribution in [3.05, 3.63) is 65.5 Å². The molecule has 100 valence electrons. The second kappa shape index (κ2) is 6.38. The van der Waals surface area contributed by atoms with Crippen LogP contribution < -0.4 is 5.73 Å². The van der Waals surface area contributed by atoms with Crippen molar-refractivity contribution in [1.82, 2.24) is 4.98 Å². The van der Waals surface area contributed by atoms with Crippen LogP contribution >= 0.6 is 0 Å². The fourth-order valence-corrected chi connectivity index (χ4v) is 1.98. The monoisotopic (exact) mass is 262 g/mol. The van der Waals surface area contributed by atoms with E-state index in [1.807, 2.05) is 12.1 Å². The summed E-state index contributed by atoms with van der Waals surface area (Å²) in [6.45, 7) is 0. The van der Waals surface area contributed by atoms with Crippen LogP contribution in [0.4, 0.5) is 8.78 Å². The van der Waals surface area contributed by atoms with Gasteiger partial charge in [-0.25, -0.2) is 8.78 Å². The molecule has 1 atom stereocenters. The minimum absolute atomic E-state index is 0.198. The van der Waals surface area contributed by atoms with Gasteiger partial charge in [0.25, 0.3) is 0 Å². The molecular formula is C15H16F2N2. The molecule has 2 rings (SSSR count). The van der Waals surface area contributed by atoms with E-state index in [-0.39, 0.29) is 6.04 Å². The van der Waals surface area contributed by atoms with E-state index in [4.69, 9.17) is 5.73 Å². The number of nitrogens with two attached hydrogens (primary N) is 1. The number of aromatic nitrogens is 1. The van der Waals surface area contributed by atoms with Gasteiger partial charge >= 0.3 is 0 Å². The lowest BCUT2D eigenvalue weighted by Crippen LogP contribution is -2.24. The topological polar surface area (TPSA) is 38.9 Å². The highest BCUT2D eigenvalue weighted by atomic mass is 19.1. The summed E-state index contributed by atoms with van der Waals surface area (Å²) >= 11 is 0. The summed E-state index contributed by atoms with van der Waals surface area (Å²) in [5, 5.41) is 0. The van der Waals surface area contributed by atoms with Gasteiger partial charge in [-0.3, -0.25) is 4.98 Å². The largest absolute Gasteiger partial charge is 0.327 e. The molecule has 2 nitrogen and oxygen atoms in total.